The third-order valence-corrected chi connectivity index (χ3v) is 3.94. The Morgan fingerprint density at radius 2 is 1.63 bits per heavy atom. The molecule has 0 fully saturated rings. The molecule has 142 valence electrons. The molecule has 0 radical (unpaired) electrons. The minimum absolute atomic E-state index is 0.0520. The van der Waals surface area contributed by atoms with Gasteiger partial charge in [0.2, 0.25) is 0 Å². The summed E-state index contributed by atoms with van der Waals surface area (Å²) >= 11 is 5.07. The van der Waals surface area contributed by atoms with Crippen LogP contribution in [-0.4, -0.2) is 28.7 Å². The van der Waals surface area contributed by atoms with Gasteiger partial charge in [-0.2, -0.15) is 0 Å². The number of carboxylic acids is 1. The topological polar surface area (TPSA) is 87.7 Å². The van der Waals surface area contributed by atoms with Crippen molar-refractivity contribution in [2.45, 2.75) is 26.2 Å². The highest BCUT2D eigenvalue weighted by atomic mass is 32.1. The largest absolute Gasteiger partial charge is 0.484 e. The predicted molar refractivity (Wildman–Crippen MR) is 108 cm³/mol. The first kappa shape index (κ1) is 20.4. The van der Waals surface area contributed by atoms with Gasteiger partial charge in [-0.1, -0.05) is 32.9 Å². The van der Waals surface area contributed by atoms with E-state index < -0.39 is 11.9 Å². The zero-order valence-corrected chi connectivity index (χ0v) is 16.2. The summed E-state index contributed by atoms with van der Waals surface area (Å²) in [7, 11) is 0. The number of rotatable bonds is 5. The molecule has 2 aromatic carbocycles. The predicted octanol–water partition coefficient (Wildman–Crippen LogP) is 3.57. The molecule has 0 aromatic heterocycles. The summed E-state index contributed by atoms with van der Waals surface area (Å²) in [5.41, 5.74) is 1.97. The molecule has 0 unspecified atom stereocenters. The fourth-order valence-electron chi connectivity index (χ4n) is 2.22. The average molecular weight is 386 g/mol. The number of thiocarbonyl (C=S) groups is 1. The van der Waals surface area contributed by atoms with Crippen LogP contribution in [0.1, 0.15) is 36.7 Å². The number of carbonyl (C=O) groups excluding carboxylic acids is 1. The third kappa shape index (κ3) is 6.38. The Bertz CT molecular complexity index is 825. The van der Waals surface area contributed by atoms with E-state index in [0.29, 0.717) is 11.4 Å². The van der Waals surface area contributed by atoms with Crippen LogP contribution in [-0.2, 0) is 10.2 Å². The molecule has 0 spiro atoms. The molecule has 0 aliphatic heterocycles. The van der Waals surface area contributed by atoms with Crippen molar-refractivity contribution in [1.82, 2.24) is 5.32 Å². The first-order valence-electron chi connectivity index (χ1n) is 8.33. The first-order chi connectivity index (χ1) is 12.6. The van der Waals surface area contributed by atoms with Crippen LogP contribution < -0.4 is 15.4 Å². The van der Waals surface area contributed by atoms with Gasteiger partial charge < -0.3 is 15.2 Å². The van der Waals surface area contributed by atoms with Crippen LogP contribution in [0.3, 0.4) is 0 Å². The van der Waals surface area contributed by atoms with Gasteiger partial charge in [-0.15, -0.1) is 0 Å². The number of nitrogens with one attached hydrogen (secondary N) is 2. The fourth-order valence-corrected chi connectivity index (χ4v) is 2.45. The van der Waals surface area contributed by atoms with Crippen LogP contribution in [0.5, 0.6) is 5.75 Å². The van der Waals surface area contributed by atoms with E-state index in [1.54, 1.807) is 12.1 Å². The Balaban J connectivity index is 1.81. The second-order valence-corrected chi connectivity index (χ2v) is 7.36. The van der Waals surface area contributed by atoms with E-state index in [-0.39, 0.29) is 22.7 Å². The molecule has 27 heavy (non-hydrogen) atoms. The lowest BCUT2D eigenvalue weighted by Crippen LogP contribution is -2.37. The number of carboxylic acid groups (broad SMARTS) is 1. The SMILES string of the molecule is CC(C)(C)c1ccc(OCC(=O)NC(=S)Nc2ccc(C(=O)O)cc2)cc1. The lowest BCUT2D eigenvalue weighted by Gasteiger charge is -2.19. The zero-order valence-electron chi connectivity index (χ0n) is 15.4. The van der Waals surface area contributed by atoms with Gasteiger partial charge in [0.1, 0.15) is 5.75 Å². The van der Waals surface area contributed by atoms with Crippen LogP contribution in [0.2, 0.25) is 0 Å². The summed E-state index contributed by atoms with van der Waals surface area (Å²) in [6.45, 7) is 6.20. The number of hydrogen-bond acceptors (Lipinski definition) is 4. The van der Waals surface area contributed by atoms with Crippen molar-refractivity contribution >= 4 is 34.9 Å². The van der Waals surface area contributed by atoms with Crippen LogP contribution in [0.15, 0.2) is 48.5 Å². The van der Waals surface area contributed by atoms with Crippen molar-refractivity contribution in [3.63, 3.8) is 0 Å². The van der Waals surface area contributed by atoms with E-state index in [4.69, 9.17) is 22.1 Å². The lowest BCUT2D eigenvalue weighted by molar-refractivity contribution is -0.121. The van der Waals surface area contributed by atoms with Crippen LogP contribution >= 0.6 is 12.2 Å². The van der Waals surface area contributed by atoms with Crippen LogP contribution in [0, 0.1) is 0 Å². The van der Waals surface area contributed by atoms with Crippen molar-refractivity contribution in [3.05, 3.63) is 59.7 Å². The molecule has 1 amide bonds. The minimum Gasteiger partial charge on any atom is -0.484 e. The molecule has 7 heteroatoms. The number of ether oxygens (including phenoxy) is 1. The van der Waals surface area contributed by atoms with E-state index in [9.17, 15) is 9.59 Å². The average Bonchev–Trinajstić information content (AvgIpc) is 2.60. The number of anilines is 1. The second kappa shape index (κ2) is 8.64. The first-order valence-corrected chi connectivity index (χ1v) is 8.73. The molecule has 0 heterocycles. The van der Waals surface area contributed by atoms with E-state index in [1.807, 2.05) is 24.3 Å². The molecule has 0 aliphatic carbocycles. The van der Waals surface area contributed by atoms with Crippen molar-refractivity contribution in [2.75, 3.05) is 11.9 Å². The van der Waals surface area contributed by atoms with Crippen molar-refractivity contribution in [2.24, 2.45) is 0 Å². The van der Waals surface area contributed by atoms with Crippen molar-refractivity contribution < 1.29 is 19.4 Å². The second-order valence-electron chi connectivity index (χ2n) is 6.95. The number of amides is 1. The summed E-state index contributed by atoms with van der Waals surface area (Å²) in [6, 6.07) is 13.6. The third-order valence-electron chi connectivity index (χ3n) is 3.73. The number of hydrogen-bond donors (Lipinski definition) is 3. The molecule has 0 saturated carbocycles. The molecule has 0 bridgehead atoms. The Hall–Kier alpha value is -2.93. The fraction of sp³-hybridized carbons (Fsp3) is 0.250. The van der Waals surface area contributed by atoms with E-state index >= 15 is 0 Å². The van der Waals surface area contributed by atoms with E-state index in [1.165, 1.54) is 17.7 Å². The smallest absolute Gasteiger partial charge is 0.335 e. The van der Waals surface area contributed by atoms with Crippen LogP contribution in [0.4, 0.5) is 5.69 Å². The summed E-state index contributed by atoms with van der Waals surface area (Å²) in [5, 5.41) is 14.3. The molecule has 0 aliphatic rings. The Morgan fingerprint density at radius 3 is 2.15 bits per heavy atom. The maximum atomic E-state index is 11.9. The van der Waals surface area contributed by atoms with Crippen molar-refractivity contribution in [3.8, 4) is 5.75 Å². The standard InChI is InChI=1S/C20H22N2O4S/c1-20(2,3)14-6-10-16(11-7-14)26-12-17(23)22-19(27)21-15-8-4-13(5-9-15)18(24)25/h4-11H,12H2,1-3H3,(H,24,25)(H2,21,22,23,27). The summed E-state index contributed by atoms with van der Waals surface area (Å²) in [4.78, 5) is 22.8. The molecule has 2 rings (SSSR count). The molecule has 3 N–H and O–H groups in total. The monoisotopic (exact) mass is 386 g/mol. The van der Waals surface area contributed by atoms with Crippen molar-refractivity contribution in [1.29, 1.82) is 0 Å². The number of carbonyl (C=O) groups is 2. The highest BCUT2D eigenvalue weighted by Crippen LogP contribution is 2.24. The minimum atomic E-state index is -1.01. The maximum Gasteiger partial charge on any atom is 0.335 e. The van der Waals surface area contributed by atoms with Gasteiger partial charge in [-0.25, -0.2) is 4.79 Å². The van der Waals surface area contributed by atoms with Crippen LogP contribution in [0.25, 0.3) is 0 Å². The highest BCUT2D eigenvalue weighted by molar-refractivity contribution is 7.80. The van der Waals surface area contributed by atoms with Gasteiger partial charge in [0.15, 0.2) is 11.7 Å². The summed E-state index contributed by atoms with van der Waals surface area (Å²) < 4.78 is 5.46. The highest BCUT2D eigenvalue weighted by Gasteiger charge is 2.13. The number of aromatic carboxylic acids is 1. The quantitative estimate of drug-likeness (QED) is 0.681. The molecular formula is C20H22N2O4S. The van der Waals surface area contributed by atoms with E-state index in [2.05, 4.69) is 31.4 Å². The molecule has 2 aromatic rings. The Labute approximate surface area is 163 Å². The van der Waals surface area contributed by atoms with Gasteiger partial charge in [-0.3, -0.25) is 10.1 Å². The normalized spacial score (nSPS) is 10.8. The Kier molecular flexibility index (Phi) is 6.52. The molecular weight excluding hydrogens is 364 g/mol. The zero-order chi connectivity index (χ0) is 20.0. The summed E-state index contributed by atoms with van der Waals surface area (Å²) in [5.74, 6) is -0.805. The van der Waals surface area contributed by atoms with Gasteiger partial charge in [0, 0.05) is 5.69 Å². The van der Waals surface area contributed by atoms with E-state index in [0.717, 1.165) is 0 Å². The van der Waals surface area contributed by atoms with Gasteiger partial charge in [0.25, 0.3) is 5.91 Å². The summed E-state index contributed by atoms with van der Waals surface area (Å²) in [6.07, 6.45) is 0. The lowest BCUT2D eigenvalue weighted by atomic mass is 9.87. The Morgan fingerprint density at radius 1 is 1.04 bits per heavy atom. The molecule has 0 saturated heterocycles. The van der Waals surface area contributed by atoms with Gasteiger partial charge in [-0.05, 0) is 59.6 Å². The van der Waals surface area contributed by atoms with Gasteiger partial charge >= 0.3 is 5.97 Å². The number of benzene rings is 2. The molecule has 0 atom stereocenters. The maximum absolute atomic E-state index is 11.9. The van der Waals surface area contributed by atoms with Gasteiger partial charge in [0.05, 0.1) is 5.56 Å². The molecule has 6 nitrogen and oxygen atoms in total.